The smallest absolute Gasteiger partial charge is 0.254 e. The maximum absolute atomic E-state index is 12.5. The van der Waals surface area contributed by atoms with Gasteiger partial charge in [0.1, 0.15) is 6.61 Å². The summed E-state index contributed by atoms with van der Waals surface area (Å²) in [7, 11) is 3.41. The van der Waals surface area contributed by atoms with Crippen LogP contribution in [0.4, 0.5) is 0 Å². The van der Waals surface area contributed by atoms with E-state index in [9.17, 15) is 4.79 Å². The second kappa shape index (κ2) is 8.66. The molecular weight excluding hydrogens is 304 g/mol. The van der Waals surface area contributed by atoms with Crippen molar-refractivity contribution >= 4 is 18.3 Å². The lowest BCUT2D eigenvalue weighted by Crippen LogP contribution is -2.38. The van der Waals surface area contributed by atoms with E-state index >= 15 is 0 Å². The third-order valence-corrected chi connectivity index (χ3v) is 3.67. The zero-order valence-corrected chi connectivity index (χ0v) is 13.8. The van der Waals surface area contributed by atoms with Crippen molar-refractivity contribution in [2.75, 3.05) is 33.9 Å². The molecule has 22 heavy (non-hydrogen) atoms. The molecule has 1 aliphatic rings. The number of hydrogen-bond donors (Lipinski definition) is 1. The van der Waals surface area contributed by atoms with Gasteiger partial charge in [-0.2, -0.15) is 0 Å². The lowest BCUT2D eigenvalue weighted by molar-refractivity contribution is 0.0743. The van der Waals surface area contributed by atoms with Crippen LogP contribution in [0.15, 0.2) is 30.9 Å². The van der Waals surface area contributed by atoms with E-state index in [0.717, 1.165) is 19.5 Å². The maximum atomic E-state index is 12.5. The Hall–Kier alpha value is -1.72. The monoisotopic (exact) mass is 326 g/mol. The lowest BCUT2D eigenvalue weighted by atomic mass is 10.1. The first-order valence-electron chi connectivity index (χ1n) is 7.07. The fourth-order valence-electron chi connectivity index (χ4n) is 2.41. The molecular formula is C16H23ClN2O3. The van der Waals surface area contributed by atoms with Crippen LogP contribution < -0.4 is 14.8 Å². The van der Waals surface area contributed by atoms with Crippen LogP contribution in [-0.2, 0) is 0 Å². The van der Waals surface area contributed by atoms with E-state index in [4.69, 9.17) is 9.47 Å². The second-order valence-electron chi connectivity index (χ2n) is 5.03. The van der Waals surface area contributed by atoms with Gasteiger partial charge >= 0.3 is 0 Å². The van der Waals surface area contributed by atoms with E-state index in [-0.39, 0.29) is 24.4 Å². The van der Waals surface area contributed by atoms with Crippen LogP contribution in [-0.4, -0.2) is 50.7 Å². The highest BCUT2D eigenvalue weighted by atomic mass is 35.5. The minimum absolute atomic E-state index is 0. The van der Waals surface area contributed by atoms with Gasteiger partial charge < -0.3 is 19.7 Å². The van der Waals surface area contributed by atoms with Crippen LogP contribution in [0, 0.1) is 0 Å². The Bertz CT molecular complexity index is 516. The number of nitrogens with zero attached hydrogens (tertiary/aromatic N) is 1. The third kappa shape index (κ3) is 4.15. The largest absolute Gasteiger partial charge is 0.493 e. The van der Waals surface area contributed by atoms with Gasteiger partial charge in [-0.3, -0.25) is 4.79 Å². The number of nitrogens with one attached hydrogen (secondary N) is 1. The standard InChI is InChI=1S/C16H22N2O3.ClH/c1-4-9-21-14-6-5-12(10-15(14)20-3)16(19)18(2)13-7-8-17-11-13;/h4-6,10,13,17H,1,7-9,11H2,2-3H3;1H. The Morgan fingerprint density at radius 1 is 1.50 bits per heavy atom. The predicted molar refractivity (Wildman–Crippen MR) is 89.3 cm³/mol. The SMILES string of the molecule is C=CCOc1ccc(C(=O)N(C)C2CCNC2)cc1OC.Cl. The molecule has 0 aromatic heterocycles. The highest BCUT2D eigenvalue weighted by Crippen LogP contribution is 2.28. The number of benzene rings is 1. The van der Waals surface area contributed by atoms with Crippen molar-refractivity contribution in [3.63, 3.8) is 0 Å². The summed E-state index contributed by atoms with van der Waals surface area (Å²) in [6.07, 6.45) is 2.65. The Balaban J connectivity index is 0.00000242. The molecule has 5 nitrogen and oxygen atoms in total. The maximum Gasteiger partial charge on any atom is 0.254 e. The highest BCUT2D eigenvalue weighted by Gasteiger charge is 2.24. The summed E-state index contributed by atoms with van der Waals surface area (Å²) in [6, 6.07) is 5.50. The number of carbonyl (C=O) groups is 1. The van der Waals surface area contributed by atoms with E-state index in [1.54, 1.807) is 36.3 Å². The van der Waals surface area contributed by atoms with Crippen LogP contribution >= 0.6 is 12.4 Å². The number of carbonyl (C=O) groups excluding carboxylic acids is 1. The van der Waals surface area contributed by atoms with Gasteiger partial charge in [0.25, 0.3) is 5.91 Å². The molecule has 1 aliphatic heterocycles. The number of hydrogen-bond acceptors (Lipinski definition) is 4. The molecule has 0 bridgehead atoms. The van der Waals surface area contributed by atoms with Gasteiger partial charge in [0.15, 0.2) is 11.5 Å². The van der Waals surface area contributed by atoms with Crippen molar-refractivity contribution in [3.05, 3.63) is 36.4 Å². The highest BCUT2D eigenvalue weighted by molar-refractivity contribution is 5.95. The fourth-order valence-corrected chi connectivity index (χ4v) is 2.41. The van der Waals surface area contributed by atoms with Crippen LogP contribution in [0.5, 0.6) is 11.5 Å². The molecule has 1 heterocycles. The zero-order chi connectivity index (χ0) is 15.2. The third-order valence-electron chi connectivity index (χ3n) is 3.67. The molecule has 0 radical (unpaired) electrons. The number of rotatable bonds is 6. The predicted octanol–water partition coefficient (Wildman–Crippen LogP) is 2.12. The van der Waals surface area contributed by atoms with Crippen molar-refractivity contribution < 1.29 is 14.3 Å². The Kier molecular flexibility index (Phi) is 7.21. The van der Waals surface area contributed by atoms with Crippen LogP contribution in [0.25, 0.3) is 0 Å². The van der Waals surface area contributed by atoms with E-state index in [0.29, 0.717) is 23.7 Å². The summed E-state index contributed by atoms with van der Waals surface area (Å²) in [5.41, 5.74) is 0.604. The fraction of sp³-hybridized carbons (Fsp3) is 0.438. The van der Waals surface area contributed by atoms with Crippen molar-refractivity contribution in [1.29, 1.82) is 0 Å². The molecule has 1 saturated heterocycles. The van der Waals surface area contributed by atoms with Crippen molar-refractivity contribution in [1.82, 2.24) is 10.2 Å². The molecule has 1 fully saturated rings. The minimum atomic E-state index is -0.00253. The van der Waals surface area contributed by atoms with Gasteiger partial charge in [-0.25, -0.2) is 0 Å². The Morgan fingerprint density at radius 3 is 2.86 bits per heavy atom. The van der Waals surface area contributed by atoms with Crippen LogP contribution in [0.3, 0.4) is 0 Å². The van der Waals surface area contributed by atoms with Crippen molar-refractivity contribution in [3.8, 4) is 11.5 Å². The lowest BCUT2D eigenvalue weighted by Gasteiger charge is -2.24. The van der Waals surface area contributed by atoms with Gasteiger partial charge in [-0.15, -0.1) is 12.4 Å². The summed E-state index contributed by atoms with van der Waals surface area (Å²) in [5, 5.41) is 3.27. The number of likely N-dealkylation sites (N-methyl/N-ethyl adjacent to an activating group) is 1. The molecule has 1 amide bonds. The molecule has 1 aromatic rings. The van der Waals surface area contributed by atoms with E-state index < -0.39 is 0 Å². The van der Waals surface area contributed by atoms with Gasteiger partial charge in [0.2, 0.25) is 0 Å². The minimum Gasteiger partial charge on any atom is -0.493 e. The Morgan fingerprint density at radius 2 is 2.27 bits per heavy atom. The molecule has 1 aromatic carbocycles. The van der Waals surface area contributed by atoms with Crippen molar-refractivity contribution in [2.24, 2.45) is 0 Å². The number of halogens is 1. The zero-order valence-electron chi connectivity index (χ0n) is 13.0. The topological polar surface area (TPSA) is 50.8 Å². The van der Waals surface area contributed by atoms with E-state index in [1.807, 2.05) is 7.05 Å². The summed E-state index contributed by atoms with van der Waals surface area (Å²) < 4.78 is 10.8. The average molecular weight is 327 g/mol. The molecule has 0 saturated carbocycles. The summed E-state index contributed by atoms with van der Waals surface area (Å²) >= 11 is 0. The Labute approximate surface area is 137 Å². The molecule has 122 valence electrons. The quantitative estimate of drug-likeness (QED) is 0.814. The molecule has 1 unspecified atom stereocenters. The van der Waals surface area contributed by atoms with Crippen molar-refractivity contribution in [2.45, 2.75) is 12.5 Å². The molecule has 0 aliphatic carbocycles. The van der Waals surface area contributed by atoms with E-state index in [2.05, 4.69) is 11.9 Å². The molecule has 6 heteroatoms. The van der Waals surface area contributed by atoms with Gasteiger partial charge in [-0.05, 0) is 31.2 Å². The van der Waals surface area contributed by atoms with Crippen LogP contribution in [0.2, 0.25) is 0 Å². The summed E-state index contributed by atoms with van der Waals surface area (Å²) in [6.45, 7) is 5.82. The summed E-state index contributed by atoms with van der Waals surface area (Å²) in [4.78, 5) is 14.3. The first-order chi connectivity index (χ1) is 10.2. The second-order valence-corrected chi connectivity index (χ2v) is 5.03. The molecule has 0 spiro atoms. The number of methoxy groups -OCH3 is 1. The van der Waals surface area contributed by atoms with Gasteiger partial charge in [0.05, 0.1) is 7.11 Å². The van der Waals surface area contributed by atoms with E-state index in [1.165, 1.54) is 0 Å². The summed E-state index contributed by atoms with van der Waals surface area (Å²) in [5.74, 6) is 1.16. The van der Waals surface area contributed by atoms with Gasteiger partial charge in [-0.1, -0.05) is 12.7 Å². The number of amides is 1. The van der Waals surface area contributed by atoms with Crippen LogP contribution in [0.1, 0.15) is 16.8 Å². The average Bonchev–Trinajstić information content (AvgIpc) is 3.05. The van der Waals surface area contributed by atoms with Gasteiger partial charge in [0, 0.05) is 25.2 Å². The first-order valence-corrected chi connectivity index (χ1v) is 7.07. The normalized spacial score (nSPS) is 16.5. The number of ether oxygens (including phenoxy) is 2. The molecule has 2 rings (SSSR count). The molecule has 1 N–H and O–H groups in total. The first kappa shape index (κ1) is 18.3. The molecule has 1 atom stereocenters.